The van der Waals surface area contributed by atoms with E-state index in [0.29, 0.717) is 17.1 Å². The first-order chi connectivity index (χ1) is 18.9. The summed E-state index contributed by atoms with van der Waals surface area (Å²) in [7, 11) is 0.233. The van der Waals surface area contributed by atoms with Gasteiger partial charge in [0.05, 0.1) is 32.6 Å². The summed E-state index contributed by atoms with van der Waals surface area (Å²) in [5.41, 5.74) is 0.331. The number of benzene rings is 2. The zero-order chi connectivity index (χ0) is 29.2. The SMILES string of the molecule is COc1ccc(CN(c2cccc(F)n2)S(=O)c2c(F)cc(N3CCC(OC(O)(O)O)C3)c(Cl)c2F)c(OC)c1. The van der Waals surface area contributed by atoms with Gasteiger partial charge < -0.3 is 29.7 Å². The molecule has 0 amide bonds. The Morgan fingerprint density at radius 1 is 1.15 bits per heavy atom. The minimum absolute atomic E-state index is 0.0823. The molecule has 2 atom stereocenters. The fraction of sp³-hybridized carbons (Fsp3) is 0.320. The number of methoxy groups -OCH3 is 2. The van der Waals surface area contributed by atoms with Gasteiger partial charge in [0.15, 0.2) is 16.8 Å². The third-order valence-corrected chi connectivity index (χ3v) is 7.85. The Hall–Kier alpha value is -3.14. The topological polar surface area (TPSA) is 125 Å². The van der Waals surface area contributed by atoms with E-state index < -0.39 is 50.7 Å². The molecule has 10 nitrogen and oxygen atoms in total. The maximum absolute atomic E-state index is 15.6. The van der Waals surface area contributed by atoms with Crippen molar-refractivity contribution in [2.24, 2.45) is 0 Å². The molecule has 2 aromatic carbocycles. The molecule has 3 N–H and O–H groups in total. The van der Waals surface area contributed by atoms with Crippen LogP contribution in [-0.2, 0) is 22.3 Å². The van der Waals surface area contributed by atoms with Crippen LogP contribution in [-0.4, -0.2) is 64.1 Å². The lowest BCUT2D eigenvalue weighted by molar-refractivity contribution is -0.464. The van der Waals surface area contributed by atoms with Gasteiger partial charge in [-0.2, -0.15) is 4.39 Å². The van der Waals surface area contributed by atoms with Crippen LogP contribution >= 0.6 is 11.6 Å². The predicted molar refractivity (Wildman–Crippen MR) is 139 cm³/mol. The maximum atomic E-state index is 15.6. The highest BCUT2D eigenvalue weighted by molar-refractivity contribution is 7.86. The van der Waals surface area contributed by atoms with Crippen molar-refractivity contribution in [3.05, 3.63) is 70.6 Å². The monoisotopic (exact) mass is 603 g/mol. The zero-order valence-corrected chi connectivity index (χ0v) is 22.8. The first-order valence-electron chi connectivity index (χ1n) is 11.7. The number of aliphatic hydroxyl groups is 3. The summed E-state index contributed by atoms with van der Waals surface area (Å²) in [6.07, 6.45) is -4.08. The van der Waals surface area contributed by atoms with Crippen LogP contribution in [0.5, 0.6) is 11.5 Å². The number of hydrogen-bond donors (Lipinski definition) is 3. The number of rotatable bonds is 10. The van der Waals surface area contributed by atoms with Crippen LogP contribution < -0.4 is 18.7 Å². The summed E-state index contributed by atoms with van der Waals surface area (Å²) < 4.78 is 75.2. The number of ether oxygens (including phenoxy) is 3. The maximum Gasteiger partial charge on any atom is 0.405 e. The van der Waals surface area contributed by atoms with E-state index in [1.54, 1.807) is 18.2 Å². The van der Waals surface area contributed by atoms with Gasteiger partial charge in [-0.05, 0) is 30.7 Å². The Labute approximate surface area is 234 Å². The number of hydrogen-bond acceptors (Lipinski definition) is 9. The van der Waals surface area contributed by atoms with E-state index in [1.807, 2.05) is 0 Å². The minimum atomic E-state index is -3.37. The van der Waals surface area contributed by atoms with Gasteiger partial charge in [0.2, 0.25) is 5.95 Å². The Balaban J connectivity index is 1.71. The molecular weight excluding hydrogens is 579 g/mol. The molecule has 0 aliphatic carbocycles. The lowest BCUT2D eigenvalue weighted by Crippen LogP contribution is -2.37. The highest BCUT2D eigenvalue weighted by Gasteiger charge is 2.34. The minimum Gasteiger partial charge on any atom is -0.497 e. The highest BCUT2D eigenvalue weighted by Crippen LogP contribution is 2.38. The average molecular weight is 604 g/mol. The molecular formula is C25H25ClF3N3O7S. The molecule has 1 aliphatic rings. The van der Waals surface area contributed by atoms with Crippen molar-refractivity contribution in [2.75, 3.05) is 36.5 Å². The molecule has 2 unspecified atom stereocenters. The van der Waals surface area contributed by atoms with E-state index in [-0.39, 0.29) is 37.6 Å². The van der Waals surface area contributed by atoms with E-state index in [9.17, 15) is 8.60 Å². The zero-order valence-electron chi connectivity index (χ0n) is 21.2. The van der Waals surface area contributed by atoms with E-state index in [1.165, 1.54) is 31.3 Å². The second kappa shape index (κ2) is 12.2. The third kappa shape index (κ3) is 6.59. The summed E-state index contributed by atoms with van der Waals surface area (Å²) in [5, 5.41) is 26.6. The number of anilines is 2. The number of pyridine rings is 1. The normalized spacial score (nSPS) is 16.2. The number of nitrogens with zero attached hydrogens (tertiary/aromatic N) is 3. The second-order valence-corrected chi connectivity index (χ2v) is 10.4. The smallest absolute Gasteiger partial charge is 0.405 e. The molecule has 15 heteroatoms. The van der Waals surface area contributed by atoms with Crippen molar-refractivity contribution in [2.45, 2.75) is 30.1 Å². The fourth-order valence-corrected chi connectivity index (χ4v) is 5.79. The van der Waals surface area contributed by atoms with E-state index in [4.69, 9.17) is 36.4 Å². The Morgan fingerprint density at radius 2 is 1.90 bits per heavy atom. The van der Waals surface area contributed by atoms with Crippen molar-refractivity contribution in [3.8, 4) is 11.5 Å². The third-order valence-electron chi connectivity index (χ3n) is 6.05. The molecule has 216 valence electrons. The summed E-state index contributed by atoms with van der Waals surface area (Å²) in [6.45, 7) is -0.190. The molecule has 0 radical (unpaired) electrons. The summed E-state index contributed by atoms with van der Waals surface area (Å²) in [6, 6.07) is 9.34. The Kier molecular flexibility index (Phi) is 9.07. The van der Waals surface area contributed by atoms with Crippen LogP contribution in [0.1, 0.15) is 12.0 Å². The number of halogens is 4. The fourth-order valence-electron chi connectivity index (χ4n) is 4.23. The van der Waals surface area contributed by atoms with Gasteiger partial charge in [-0.25, -0.2) is 18.0 Å². The summed E-state index contributed by atoms with van der Waals surface area (Å²) >= 11 is 6.26. The van der Waals surface area contributed by atoms with Crippen LogP contribution in [0.4, 0.5) is 24.7 Å². The number of aromatic nitrogens is 1. The van der Waals surface area contributed by atoms with Crippen molar-refractivity contribution in [1.82, 2.24) is 4.98 Å². The van der Waals surface area contributed by atoms with Gasteiger partial charge in [0, 0.05) is 30.8 Å². The van der Waals surface area contributed by atoms with Crippen molar-refractivity contribution in [3.63, 3.8) is 0 Å². The first kappa shape index (κ1) is 29.8. The van der Waals surface area contributed by atoms with Gasteiger partial charge in [0.1, 0.15) is 33.1 Å². The van der Waals surface area contributed by atoms with Gasteiger partial charge in [0.25, 0.3) is 0 Å². The van der Waals surface area contributed by atoms with Crippen molar-refractivity contribution < 1.29 is 46.9 Å². The van der Waals surface area contributed by atoms with Gasteiger partial charge in [-0.3, -0.25) is 9.04 Å². The summed E-state index contributed by atoms with van der Waals surface area (Å²) in [4.78, 5) is 4.26. The van der Waals surface area contributed by atoms with Crippen LogP contribution in [0, 0.1) is 17.6 Å². The molecule has 0 saturated carbocycles. The molecule has 0 spiro atoms. The molecule has 3 aromatic rings. The second-order valence-electron chi connectivity index (χ2n) is 8.67. The average Bonchev–Trinajstić information content (AvgIpc) is 3.35. The molecule has 0 bridgehead atoms. The molecule has 4 rings (SSSR count). The molecule has 1 aromatic heterocycles. The molecule has 1 saturated heterocycles. The van der Waals surface area contributed by atoms with Crippen molar-refractivity contribution >= 4 is 34.1 Å². The van der Waals surface area contributed by atoms with Crippen LogP contribution in [0.3, 0.4) is 0 Å². The highest BCUT2D eigenvalue weighted by atomic mass is 35.5. The van der Waals surface area contributed by atoms with E-state index in [2.05, 4.69) is 9.72 Å². The standard InChI is InChI=1S/C25H25ClF3N3O7S/c1-37-15-7-6-14(19(10-15)38-2)12-32(21-5-3-4-20(28)30-21)40(36)24-17(27)11-18(22(26)23(24)29)31-9-8-16(13-31)39-25(33,34)35/h3-7,10-11,16,33-35H,8-9,12-13H2,1-2H3. The molecule has 40 heavy (non-hydrogen) atoms. The van der Waals surface area contributed by atoms with Crippen molar-refractivity contribution in [1.29, 1.82) is 0 Å². The summed E-state index contributed by atoms with van der Waals surface area (Å²) in [5.74, 6) is -2.81. The predicted octanol–water partition coefficient (Wildman–Crippen LogP) is 3.08. The van der Waals surface area contributed by atoms with E-state index >= 15 is 8.78 Å². The van der Waals surface area contributed by atoms with Gasteiger partial charge in [-0.1, -0.05) is 17.7 Å². The van der Waals surface area contributed by atoms with Gasteiger partial charge in [-0.15, -0.1) is 0 Å². The Morgan fingerprint density at radius 3 is 2.55 bits per heavy atom. The lowest BCUT2D eigenvalue weighted by atomic mass is 10.2. The van der Waals surface area contributed by atoms with Crippen LogP contribution in [0.25, 0.3) is 0 Å². The quantitative estimate of drug-likeness (QED) is 0.182. The molecule has 1 aliphatic heterocycles. The lowest BCUT2D eigenvalue weighted by Gasteiger charge is -2.26. The Bertz CT molecular complexity index is 1410. The van der Waals surface area contributed by atoms with E-state index in [0.717, 1.165) is 16.4 Å². The largest absolute Gasteiger partial charge is 0.497 e. The van der Waals surface area contributed by atoms with Crippen LogP contribution in [0.15, 0.2) is 47.4 Å². The van der Waals surface area contributed by atoms with Gasteiger partial charge >= 0.3 is 6.16 Å². The molecule has 1 fully saturated rings. The first-order valence-corrected chi connectivity index (χ1v) is 13.2. The molecule has 2 heterocycles. The van der Waals surface area contributed by atoms with Crippen LogP contribution in [0.2, 0.25) is 5.02 Å².